The molecule has 0 spiro atoms. The van der Waals surface area contributed by atoms with Gasteiger partial charge in [0.05, 0.1) is 25.1 Å². The molecule has 1 aromatic heterocycles. The van der Waals surface area contributed by atoms with Gasteiger partial charge in [0.1, 0.15) is 11.6 Å². The fourth-order valence-electron chi connectivity index (χ4n) is 4.27. The van der Waals surface area contributed by atoms with Crippen molar-refractivity contribution in [2.24, 2.45) is 0 Å². The van der Waals surface area contributed by atoms with Crippen LogP contribution in [0.3, 0.4) is 0 Å². The summed E-state index contributed by atoms with van der Waals surface area (Å²) in [5.41, 5.74) is 1.74. The number of amides is 1. The number of aryl methyl sites for hydroxylation is 1. The van der Waals surface area contributed by atoms with Crippen molar-refractivity contribution < 1.29 is 13.9 Å². The number of rotatable bonds is 5. The van der Waals surface area contributed by atoms with E-state index in [9.17, 15) is 14.4 Å². The quantitative estimate of drug-likeness (QED) is 0.655. The molecule has 3 aromatic rings. The summed E-state index contributed by atoms with van der Waals surface area (Å²) in [5.74, 6) is -0.00999. The number of halogens is 1. The van der Waals surface area contributed by atoms with E-state index in [1.54, 1.807) is 54.8 Å². The van der Waals surface area contributed by atoms with Gasteiger partial charge in [-0.3, -0.25) is 4.79 Å². The number of nitrogens with zero attached hydrogens (tertiary/aromatic N) is 4. The molecule has 1 unspecified atom stereocenters. The van der Waals surface area contributed by atoms with Gasteiger partial charge < -0.3 is 14.2 Å². The van der Waals surface area contributed by atoms with Crippen molar-refractivity contribution in [1.82, 2.24) is 14.5 Å². The van der Waals surface area contributed by atoms with E-state index < -0.39 is 5.54 Å². The van der Waals surface area contributed by atoms with Crippen molar-refractivity contribution >= 4 is 5.91 Å². The number of hydrogen-bond donors (Lipinski definition) is 0. The van der Waals surface area contributed by atoms with Gasteiger partial charge in [-0.15, -0.1) is 0 Å². The Hall–Kier alpha value is -3.66. The van der Waals surface area contributed by atoms with E-state index in [0.717, 1.165) is 5.69 Å². The van der Waals surface area contributed by atoms with Crippen molar-refractivity contribution in [3.8, 4) is 11.8 Å². The van der Waals surface area contributed by atoms with E-state index in [1.807, 2.05) is 4.57 Å². The molecule has 30 heavy (non-hydrogen) atoms. The molecule has 1 atom stereocenters. The number of fused-ring (bicyclic) bond motifs is 1. The first-order chi connectivity index (χ1) is 14.5. The van der Waals surface area contributed by atoms with Crippen LogP contribution in [0.4, 0.5) is 4.39 Å². The van der Waals surface area contributed by atoms with Crippen molar-refractivity contribution in [2.75, 3.05) is 14.2 Å². The van der Waals surface area contributed by atoms with Crippen LogP contribution in [0.15, 0.2) is 55.0 Å². The van der Waals surface area contributed by atoms with Crippen LogP contribution in [0.25, 0.3) is 0 Å². The Bertz CT molecular complexity index is 1150. The summed E-state index contributed by atoms with van der Waals surface area (Å²) in [7, 11) is 3.23. The van der Waals surface area contributed by atoms with Crippen LogP contribution in [-0.4, -0.2) is 34.5 Å². The van der Waals surface area contributed by atoms with Crippen molar-refractivity contribution in [3.63, 3.8) is 0 Å². The molecule has 0 aliphatic carbocycles. The third-order valence-corrected chi connectivity index (χ3v) is 5.65. The Labute approximate surface area is 174 Å². The van der Waals surface area contributed by atoms with E-state index in [0.29, 0.717) is 35.3 Å². The van der Waals surface area contributed by atoms with Crippen molar-refractivity contribution in [1.29, 1.82) is 5.26 Å². The van der Waals surface area contributed by atoms with Crippen LogP contribution in [-0.2, 0) is 23.3 Å². The minimum absolute atomic E-state index is 0.147. The van der Waals surface area contributed by atoms with E-state index >= 15 is 0 Å². The summed E-state index contributed by atoms with van der Waals surface area (Å²) in [6.07, 6.45) is 4.65. The fourth-order valence-corrected chi connectivity index (χ4v) is 4.27. The molecular formula is C23H21FN4O2. The lowest BCUT2D eigenvalue weighted by molar-refractivity contribution is -0.137. The van der Waals surface area contributed by atoms with Gasteiger partial charge in [0.25, 0.3) is 5.91 Å². The van der Waals surface area contributed by atoms with Gasteiger partial charge in [-0.2, -0.15) is 5.26 Å². The zero-order chi connectivity index (χ0) is 21.3. The van der Waals surface area contributed by atoms with Crippen LogP contribution in [0, 0.1) is 17.1 Å². The molecule has 0 saturated carbocycles. The highest BCUT2D eigenvalue weighted by Crippen LogP contribution is 2.44. The molecule has 0 bridgehead atoms. The summed E-state index contributed by atoms with van der Waals surface area (Å²) >= 11 is 0. The largest absolute Gasteiger partial charge is 0.496 e. The number of benzene rings is 2. The first kappa shape index (κ1) is 19.6. The van der Waals surface area contributed by atoms with Gasteiger partial charge in [0, 0.05) is 31.0 Å². The summed E-state index contributed by atoms with van der Waals surface area (Å²) in [4.78, 5) is 19.7. The Morgan fingerprint density at radius 2 is 2.20 bits per heavy atom. The third-order valence-electron chi connectivity index (χ3n) is 5.65. The average Bonchev–Trinajstić information content (AvgIpc) is 3.36. The Kier molecular flexibility index (Phi) is 5.00. The average molecular weight is 404 g/mol. The highest BCUT2D eigenvalue weighted by atomic mass is 19.1. The van der Waals surface area contributed by atoms with E-state index in [2.05, 4.69) is 11.1 Å². The van der Waals surface area contributed by atoms with E-state index in [-0.39, 0.29) is 18.3 Å². The molecule has 0 fully saturated rings. The zero-order valence-electron chi connectivity index (χ0n) is 16.8. The molecular weight excluding hydrogens is 383 g/mol. The van der Waals surface area contributed by atoms with Gasteiger partial charge >= 0.3 is 0 Å². The fraction of sp³-hybridized carbons (Fsp3) is 0.261. The number of carbonyl (C=O) groups excluding carboxylic acids is 1. The van der Waals surface area contributed by atoms with Crippen LogP contribution < -0.4 is 4.74 Å². The van der Waals surface area contributed by atoms with Gasteiger partial charge in [-0.1, -0.05) is 18.2 Å². The van der Waals surface area contributed by atoms with Gasteiger partial charge in [-0.05, 0) is 42.7 Å². The number of methoxy groups -OCH3 is 1. The lowest BCUT2D eigenvalue weighted by Gasteiger charge is -2.35. The van der Waals surface area contributed by atoms with Gasteiger partial charge in [0.15, 0.2) is 5.54 Å². The minimum atomic E-state index is -1.05. The summed E-state index contributed by atoms with van der Waals surface area (Å²) in [6, 6.07) is 13.4. The van der Waals surface area contributed by atoms with Gasteiger partial charge in [0.2, 0.25) is 0 Å². The SMILES string of the molecule is COc1cc(C#N)ccc1C1(C(=O)N(C)Cc2cccc(F)c2)CCc2cncn21. The second-order valence-corrected chi connectivity index (χ2v) is 7.43. The number of ether oxygens (including phenoxy) is 1. The monoisotopic (exact) mass is 404 g/mol. The lowest BCUT2D eigenvalue weighted by Crippen LogP contribution is -2.48. The summed E-state index contributed by atoms with van der Waals surface area (Å²) in [6.45, 7) is 0.265. The van der Waals surface area contributed by atoms with Crippen LogP contribution in [0.5, 0.6) is 5.75 Å². The predicted molar refractivity (Wildman–Crippen MR) is 108 cm³/mol. The Morgan fingerprint density at radius 1 is 1.37 bits per heavy atom. The molecule has 0 radical (unpaired) electrons. The first-order valence-corrected chi connectivity index (χ1v) is 9.60. The van der Waals surface area contributed by atoms with Crippen molar-refractivity contribution in [3.05, 3.63) is 83.2 Å². The number of aromatic nitrogens is 2. The van der Waals surface area contributed by atoms with Crippen molar-refractivity contribution in [2.45, 2.75) is 24.9 Å². The number of imidazole rings is 1. The summed E-state index contributed by atoms with van der Waals surface area (Å²) in [5, 5.41) is 9.26. The Morgan fingerprint density at radius 3 is 2.93 bits per heavy atom. The number of hydrogen-bond acceptors (Lipinski definition) is 4. The molecule has 1 aliphatic heterocycles. The molecule has 6 nitrogen and oxygen atoms in total. The van der Waals surface area contributed by atoms with Crippen LogP contribution in [0.1, 0.15) is 28.8 Å². The number of likely N-dealkylation sites (N-methyl/N-ethyl adjacent to an activating group) is 1. The van der Waals surface area contributed by atoms with E-state index in [1.165, 1.54) is 19.2 Å². The molecule has 1 aliphatic rings. The standard InChI is InChI=1S/C23H21FN4O2/c1-27(14-17-4-3-5-18(24)10-17)22(29)23(9-8-19-13-26-15-28(19)23)20-7-6-16(12-25)11-21(20)30-2/h3-7,10-11,13,15H,8-9,14H2,1-2H3. The second kappa shape index (κ2) is 7.64. The Balaban J connectivity index is 1.81. The highest BCUT2D eigenvalue weighted by molar-refractivity contribution is 5.89. The molecule has 2 aromatic carbocycles. The third kappa shape index (κ3) is 3.11. The number of carbonyl (C=O) groups is 1. The molecule has 7 heteroatoms. The normalized spacial score (nSPS) is 17.3. The molecule has 0 saturated heterocycles. The summed E-state index contributed by atoms with van der Waals surface area (Å²) < 4.78 is 21.1. The molecule has 0 N–H and O–H groups in total. The molecule has 152 valence electrons. The predicted octanol–water partition coefficient (Wildman–Crippen LogP) is 3.25. The smallest absolute Gasteiger partial charge is 0.253 e. The second-order valence-electron chi connectivity index (χ2n) is 7.43. The first-order valence-electron chi connectivity index (χ1n) is 9.60. The van der Waals surface area contributed by atoms with E-state index in [4.69, 9.17) is 4.74 Å². The highest BCUT2D eigenvalue weighted by Gasteiger charge is 2.49. The zero-order valence-corrected chi connectivity index (χ0v) is 16.8. The maximum Gasteiger partial charge on any atom is 0.253 e. The minimum Gasteiger partial charge on any atom is -0.496 e. The van der Waals surface area contributed by atoms with Crippen LogP contribution in [0.2, 0.25) is 0 Å². The lowest BCUT2D eigenvalue weighted by atomic mass is 9.84. The number of nitriles is 1. The molecule has 1 amide bonds. The maximum absolute atomic E-state index is 13.9. The topological polar surface area (TPSA) is 71.2 Å². The van der Waals surface area contributed by atoms with Gasteiger partial charge in [-0.25, -0.2) is 9.37 Å². The molecule has 2 heterocycles. The molecule has 4 rings (SSSR count). The maximum atomic E-state index is 13.9. The van der Waals surface area contributed by atoms with Crippen LogP contribution >= 0.6 is 0 Å².